The molecule has 86 valence electrons. The molecule has 2 saturated heterocycles. The number of allylic oxidation sites excluding steroid dienone is 1. The number of hydrogen-bond donors (Lipinski definition) is 1. The van der Waals surface area contributed by atoms with Crippen LogP contribution in [0.2, 0.25) is 0 Å². The predicted molar refractivity (Wildman–Crippen MR) is 59.0 cm³/mol. The fraction of sp³-hybridized carbons (Fsp3) is 0.636. The molecule has 1 N–H and O–H groups in total. The van der Waals surface area contributed by atoms with Gasteiger partial charge in [-0.25, -0.2) is 4.99 Å². The van der Waals surface area contributed by atoms with E-state index in [9.17, 15) is 4.79 Å². The number of rotatable bonds is 1. The molecule has 1 amide bonds. The van der Waals surface area contributed by atoms with E-state index >= 15 is 0 Å². The van der Waals surface area contributed by atoms with Crippen molar-refractivity contribution in [3.63, 3.8) is 0 Å². The molecular weight excluding hydrogens is 206 g/mol. The quantitative estimate of drug-likeness (QED) is 0.663. The van der Waals surface area contributed by atoms with Crippen LogP contribution in [0.5, 0.6) is 0 Å². The molecule has 5 nitrogen and oxygen atoms in total. The van der Waals surface area contributed by atoms with Crippen molar-refractivity contribution < 1.29 is 9.53 Å². The van der Waals surface area contributed by atoms with Gasteiger partial charge in [0.25, 0.3) is 5.91 Å². The van der Waals surface area contributed by atoms with E-state index in [4.69, 9.17) is 4.74 Å². The number of amides is 1. The van der Waals surface area contributed by atoms with Gasteiger partial charge in [-0.15, -0.1) is 0 Å². The van der Waals surface area contributed by atoms with Gasteiger partial charge < -0.3 is 15.0 Å². The van der Waals surface area contributed by atoms with Gasteiger partial charge in [0.05, 0.1) is 13.2 Å². The maximum absolute atomic E-state index is 11.9. The maximum atomic E-state index is 11.9. The fourth-order valence-corrected chi connectivity index (χ4v) is 2.47. The number of nitrogens with zero attached hydrogens (tertiary/aromatic N) is 2. The highest BCUT2D eigenvalue weighted by Crippen LogP contribution is 2.27. The van der Waals surface area contributed by atoms with Crippen LogP contribution in [0.1, 0.15) is 6.42 Å². The Morgan fingerprint density at radius 3 is 3.06 bits per heavy atom. The number of carbonyl (C=O) groups excluding carboxylic acids is 1. The minimum Gasteiger partial charge on any atom is -0.386 e. The van der Waals surface area contributed by atoms with Crippen molar-refractivity contribution in [3.05, 3.63) is 11.4 Å². The van der Waals surface area contributed by atoms with Crippen LogP contribution in [-0.2, 0) is 9.53 Å². The van der Waals surface area contributed by atoms with Crippen molar-refractivity contribution in [3.8, 4) is 0 Å². The average Bonchev–Trinajstić information content (AvgIpc) is 2.78. The van der Waals surface area contributed by atoms with Crippen LogP contribution in [0.3, 0.4) is 0 Å². The summed E-state index contributed by atoms with van der Waals surface area (Å²) in [7, 11) is 0. The van der Waals surface area contributed by atoms with Gasteiger partial charge in [-0.1, -0.05) is 0 Å². The number of morpholine rings is 1. The van der Waals surface area contributed by atoms with E-state index in [0.29, 0.717) is 19.1 Å². The van der Waals surface area contributed by atoms with Crippen molar-refractivity contribution >= 4 is 12.1 Å². The third kappa shape index (κ3) is 1.51. The summed E-state index contributed by atoms with van der Waals surface area (Å²) in [6, 6.07) is 0. The monoisotopic (exact) mass is 221 g/mol. The van der Waals surface area contributed by atoms with Crippen LogP contribution >= 0.6 is 0 Å². The van der Waals surface area contributed by atoms with Crippen LogP contribution in [-0.4, -0.2) is 49.9 Å². The summed E-state index contributed by atoms with van der Waals surface area (Å²) in [6.45, 7) is 3.90. The van der Waals surface area contributed by atoms with Gasteiger partial charge >= 0.3 is 0 Å². The van der Waals surface area contributed by atoms with Gasteiger partial charge in [0.2, 0.25) is 0 Å². The van der Waals surface area contributed by atoms with E-state index in [0.717, 1.165) is 37.4 Å². The van der Waals surface area contributed by atoms with E-state index in [-0.39, 0.29) is 5.91 Å². The smallest absolute Gasteiger partial charge is 0.294 e. The van der Waals surface area contributed by atoms with Gasteiger partial charge in [-0.05, 0) is 6.42 Å². The summed E-state index contributed by atoms with van der Waals surface area (Å²) in [5.41, 5.74) is 1.84. The zero-order valence-corrected chi connectivity index (χ0v) is 9.11. The van der Waals surface area contributed by atoms with E-state index < -0.39 is 0 Å². The van der Waals surface area contributed by atoms with E-state index in [1.807, 2.05) is 0 Å². The lowest BCUT2D eigenvalue weighted by molar-refractivity contribution is -0.116. The second-order valence-corrected chi connectivity index (χ2v) is 4.27. The Bertz CT molecular complexity index is 369. The molecule has 0 radical (unpaired) electrons. The fourth-order valence-electron chi connectivity index (χ4n) is 2.47. The summed E-state index contributed by atoms with van der Waals surface area (Å²) < 4.78 is 5.30. The molecule has 0 spiro atoms. The summed E-state index contributed by atoms with van der Waals surface area (Å²) in [6.07, 6.45) is 2.82. The van der Waals surface area contributed by atoms with Crippen molar-refractivity contribution in [2.24, 2.45) is 10.9 Å². The second kappa shape index (κ2) is 3.90. The second-order valence-electron chi connectivity index (χ2n) is 4.27. The van der Waals surface area contributed by atoms with E-state index in [1.165, 1.54) is 0 Å². The summed E-state index contributed by atoms with van der Waals surface area (Å²) in [5.74, 6) is 0.207. The first kappa shape index (κ1) is 9.84. The van der Waals surface area contributed by atoms with E-state index in [1.54, 1.807) is 6.21 Å². The number of aliphatic imine (C=N–C) groups is 1. The molecular formula is C11H15N3O2. The van der Waals surface area contributed by atoms with Crippen LogP contribution in [0.25, 0.3) is 0 Å². The number of dihydropyridines is 1. The van der Waals surface area contributed by atoms with E-state index in [2.05, 4.69) is 15.2 Å². The van der Waals surface area contributed by atoms with Gasteiger partial charge in [0.1, 0.15) is 5.70 Å². The maximum Gasteiger partial charge on any atom is 0.294 e. The van der Waals surface area contributed by atoms with Gasteiger partial charge in [-0.2, -0.15) is 0 Å². The molecule has 3 aliphatic rings. The lowest BCUT2D eigenvalue weighted by Gasteiger charge is -2.32. The molecule has 16 heavy (non-hydrogen) atoms. The van der Waals surface area contributed by atoms with Gasteiger partial charge in [-0.3, -0.25) is 4.79 Å². The number of carbonyl (C=O) groups is 1. The Kier molecular flexibility index (Phi) is 2.40. The molecule has 3 rings (SSSR count). The first-order valence-corrected chi connectivity index (χ1v) is 5.75. The van der Waals surface area contributed by atoms with Crippen LogP contribution in [0, 0.1) is 5.92 Å². The highest BCUT2D eigenvalue weighted by atomic mass is 16.5. The first-order valence-electron chi connectivity index (χ1n) is 5.75. The highest BCUT2D eigenvalue weighted by molar-refractivity contribution is 6.02. The normalized spacial score (nSPS) is 29.4. The molecule has 2 fully saturated rings. The molecule has 0 aromatic heterocycles. The van der Waals surface area contributed by atoms with Crippen LogP contribution < -0.4 is 5.32 Å². The molecule has 0 aromatic rings. The van der Waals surface area contributed by atoms with Crippen LogP contribution in [0.15, 0.2) is 16.4 Å². The predicted octanol–water partition coefficient (Wildman–Crippen LogP) is -0.249. The average molecular weight is 221 g/mol. The van der Waals surface area contributed by atoms with Crippen molar-refractivity contribution in [1.29, 1.82) is 0 Å². The van der Waals surface area contributed by atoms with Crippen molar-refractivity contribution in [2.75, 3.05) is 32.8 Å². The third-order valence-corrected chi connectivity index (χ3v) is 3.30. The SMILES string of the molecule is O=C1N=CC2CCNC2=C1N1CCOCC1. The molecule has 0 aromatic carbocycles. The Balaban J connectivity index is 1.92. The number of nitrogens with one attached hydrogen (secondary N) is 1. The summed E-state index contributed by atoms with van der Waals surface area (Å²) in [5, 5.41) is 3.32. The lowest BCUT2D eigenvalue weighted by atomic mass is 10.0. The molecule has 3 heterocycles. The molecule has 3 aliphatic heterocycles. The number of hydrogen-bond acceptors (Lipinski definition) is 4. The van der Waals surface area contributed by atoms with Crippen LogP contribution in [0.4, 0.5) is 0 Å². The minimum absolute atomic E-state index is 0.109. The largest absolute Gasteiger partial charge is 0.386 e. The zero-order chi connectivity index (χ0) is 11.0. The molecule has 0 aliphatic carbocycles. The zero-order valence-electron chi connectivity index (χ0n) is 9.11. The number of ether oxygens (including phenoxy) is 1. The Morgan fingerprint density at radius 1 is 1.44 bits per heavy atom. The molecule has 0 saturated carbocycles. The minimum atomic E-state index is -0.109. The van der Waals surface area contributed by atoms with Crippen molar-refractivity contribution in [2.45, 2.75) is 6.42 Å². The number of fused-ring (bicyclic) bond motifs is 1. The topological polar surface area (TPSA) is 53.9 Å². The third-order valence-electron chi connectivity index (χ3n) is 3.30. The molecule has 5 heteroatoms. The summed E-state index contributed by atoms with van der Waals surface area (Å²) in [4.78, 5) is 17.9. The first-order chi connectivity index (χ1) is 7.86. The Labute approximate surface area is 94.2 Å². The highest BCUT2D eigenvalue weighted by Gasteiger charge is 2.32. The molecule has 0 bridgehead atoms. The lowest BCUT2D eigenvalue weighted by Crippen LogP contribution is -2.40. The standard InChI is InChI=1S/C11H15N3O2/c15-11-10(14-3-5-16-6-4-14)9-8(7-13-11)1-2-12-9/h7-8,12H,1-6H2. The Morgan fingerprint density at radius 2 is 2.25 bits per heavy atom. The van der Waals surface area contributed by atoms with Gasteiger partial charge in [0.15, 0.2) is 0 Å². The molecule has 1 atom stereocenters. The summed E-state index contributed by atoms with van der Waals surface area (Å²) >= 11 is 0. The molecule has 1 unspecified atom stereocenters. The Hall–Kier alpha value is -1.36. The van der Waals surface area contributed by atoms with Crippen molar-refractivity contribution in [1.82, 2.24) is 10.2 Å². The van der Waals surface area contributed by atoms with Gasteiger partial charge in [0, 0.05) is 37.5 Å².